The van der Waals surface area contributed by atoms with Crippen LogP contribution in [0.15, 0.2) is 24.3 Å². The third-order valence-electron chi connectivity index (χ3n) is 5.55. The van der Waals surface area contributed by atoms with Crippen molar-refractivity contribution in [2.24, 2.45) is 5.92 Å². The van der Waals surface area contributed by atoms with Crippen molar-refractivity contribution < 1.29 is 18.0 Å². The lowest BCUT2D eigenvalue weighted by Gasteiger charge is -2.35. The molecule has 0 unspecified atom stereocenters. The Hall–Kier alpha value is -2.09. The highest BCUT2D eigenvalue weighted by Gasteiger charge is 2.29. The number of nitrogens with one attached hydrogen (secondary N) is 2. The lowest BCUT2D eigenvalue weighted by atomic mass is 9.87. The monoisotopic (exact) mass is 407 g/mol. The predicted octanol–water partition coefficient (Wildman–Crippen LogP) is 2.36. The van der Waals surface area contributed by atoms with Crippen LogP contribution in [-0.2, 0) is 14.8 Å². The summed E-state index contributed by atoms with van der Waals surface area (Å²) in [4.78, 5) is 27.0. The quantitative estimate of drug-likeness (QED) is 0.783. The molecule has 28 heavy (non-hydrogen) atoms. The molecule has 2 aliphatic rings. The lowest BCUT2D eigenvalue weighted by Crippen LogP contribution is -2.48. The molecule has 1 saturated carbocycles. The van der Waals surface area contributed by atoms with Gasteiger partial charge in [0.05, 0.1) is 6.26 Å². The van der Waals surface area contributed by atoms with E-state index in [1.54, 1.807) is 24.3 Å². The van der Waals surface area contributed by atoms with Crippen LogP contribution >= 0.6 is 0 Å². The molecular formula is C20H29N3O4S. The minimum absolute atomic E-state index is 0.0525. The van der Waals surface area contributed by atoms with E-state index in [0.717, 1.165) is 44.8 Å². The first-order chi connectivity index (χ1) is 13.3. The van der Waals surface area contributed by atoms with E-state index in [9.17, 15) is 18.0 Å². The number of nitrogens with zero attached hydrogens (tertiary/aromatic N) is 1. The maximum absolute atomic E-state index is 12.6. The van der Waals surface area contributed by atoms with Crippen molar-refractivity contribution in [3.8, 4) is 0 Å². The van der Waals surface area contributed by atoms with Crippen LogP contribution in [0.4, 0.5) is 5.69 Å². The fourth-order valence-corrected chi connectivity index (χ4v) is 4.59. The minimum atomic E-state index is -3.34. The Bertz CT molecular complexity index is 793. The first-order valence-corrected chi connectivity index (χ1v) is 11.9. The largest absolute Gasteiger partial charge is 0.349 e. The summed E-state index contributed by atoms with van der Waals surface area (Å²) in [7, 11) is -3.34. The molecule has 1 aromatic carbocycles. The summed E-state index contributed by atoms with van der Waals surface area (Å²) < 4.78 is 24.9. The van der Waals surface area contributed by atoms with Crippen LogP contribution < -0.4 is 10.0 Å². The molecule has 3 rings (SSSR count). The molecule has 0 radical (unpaired) electrons. The number of hydrogen-bond acceptors (Lipinski definition) is 4. The smallest absolute Gasteiger partial charge is 0.251 e. The first kappa shape index (κ1) is 20.6. The summed E-state index contributed by atoms with van der Waals surface area (Å²) in [5.41, 5.74) is 0.911. The van der Waals surface area contributed by atoms with Gasteiger partial charge in [0.15, 0.2) is 0 Å². The van der Waals surface area contributed by atoms with Crippen LogP contribution in [0.5, 0.6) is 0 Å². The zero-order chi connectivity index (χ0) is 20.1. The van der Waals surface area contributed by atoms with Crippen LogP contribution in [0, 0.1) is 5.92 Å². The van der Waals surface area contributed by atoms with Gasteiger partial charge in [-0.1, -0.05) is 19.3 Å². The van der Waals surface area contributed by atoms with Crippen molar-refractivity contribution >= 4 is 27.5 Å². The number of rotatable bonds is 5. The third-order valence-corrected chi connectivity index (χ3v) is 6.15. The highest BCUT2D eigenvalue weighted by atomic mass is 32.2. The second-order valence-electron chi connectivity index (χ2n) is 7.86. The van der Waals surface area contributed by atoms with E-state index in [2.05, 4.69) is 10.0 Å². The fourth-order valence-electron chi connectivity index (χ4n) is 4.02. The molecule has 1 aliphatic carbocycles. The Balaban J connectivity index is 1.47. The summed E-state index contributed by atoms with van der Waals surface area (Å²) in [5, 5.41) is 3.03. The summed E-state index contributed by atoms with van der Waals surface area (Å²) in [6.45, 7) is 1.38. The fraction of sp³-hybridized carbons (Fsp3) is 0.600. The van der Waals surface area contributed by atoms with Gasteiger partial charge in [-0.25, -0.2) is 8.42 Å². The maximum atomic E-state index is 12.6. The Morgan fingerprint density at radius 3 is 2.14 bits per heavy atom. The van der Waals surface area contributed by atoms with Crippen LogP contribution in [-0.4, -0.2) is 50.5 Å². The van der Waals surface area contributed by atoms with Crippen LogP contribution in [0.3, 0.4) is 0 Å². The number of likely N-dealkylation sites (tertiary alicyclic amines) is 1. The normalized spacial score (nSPS) is 19.2. The van der Waals surface area contributed by atoms with E-state index < -0.39 is 10.0 Å². The lowest BCUT2D eigenvalue weighted by molar-refractivity contribution is -0.137. The van der Waals surface area contributed by atoms with Gasteiger partial charge in [0.1, 0.15) is 0 Å². The average molecular weight is 408 g/mol. The predicted molar refractivity (Wildman–Crippen MR) is 109 cm³/mol. The Morgan fingerprint density at radius 1 is 0.964 bits per heavy atom. The molecule has 8 heteroatoms. The van der Waals surface area contributed by atoms with Gasteiger partial charge >= 0.3 is 0 Å². The number of piperidine rings is 1. The van der Waals surface area contributed by atoms with Gasteiger partial charge in [-0.15, -0.1) is 0 Å². The molecule has 0 bridgehead atoms. The number of benzene rings is 1. The Kier molecular flexibility index (Phi) is 6.59. The van der Waals surface area contributed by atoms with Gasteiger partial charge in [0.25, 0.3) is 5.91 Å². The molecule has 0 atom stereocenters. The summed E-state index contributed by atoms with van der Waals surface area (Å²) in [6.07, 6.45) is 8.18. The molecule has 1 heterocycles. The second kappa shape index (κ2) is 8.94. The van der Waals surface area contributed by atoms with E-state index >= 15 is 0 Å². The van der Waals surface area contributed by atoms with E-state index in [0.29, 0.717) is 30.2 Å². The van der Waals surface area contributed by atoms with Gasteiger partial charge in [-0.2, -0.15) is 0 Å². The Labute approximate surface area is 166 Å². The SMILES string of the molecule is CS(=O)(=O)Nc1ccc(C(=O)NC2CCN(C(=O)C3CCCCC3)CC2)cc1. The number of sulfonamides is 1. The molecule has 7 nitrogen and oxygen atoms in total. The molecule has 2 amide bonds. The average Bonchev–Trinajstić information content (AvgIpc) is 2.68. The molecule has 0 spiro atoms. The van der Waals surface area contributed by atoms with Gasteiger partial charge < -0.3 is 10.2 Å². The van der Waals surface area contributed by atoms with Crippen molar-refractivity contribution in [1.29, 1.82) is 0 Å². The molecule has 0 aromatic heterocycles. The zero-order valence-corrected chi connectivity index (χ0v) is 17.1. The second-order valence-corrected chi connectivity index (χ2v) is 9.61. The van der Waals surface area contributed by atoms with Gasteiger partial charge in [0.2, 0.25) is 15.9 Å². The van der Waals surface area contributed by atoms with Crippen molar-refractivity contribution in [2.75, 3.05) is 24.1 Å². The molecular weight excluding hydrogens is 378 g/mol. The molecule has 2 fully saturated rings. The summed E-state index contributed by atoms with van der Waals surface area (Å²) in [5.74, 6) is 0.306. The number of hydrogen-bond donors (Lipinski definition) is 2. The summed E-state index contributed by atoms with van der Waals surface area (Å²) in [6, 6.07) is 6.40. The van der Waals surface area contributed by atoms with Gasteiger partial charge in [0, 0.05) is 36.3 Å². The number of carbonyl (C=O) groups is 2. The summed E-state index contributed by atoms with van der Waals surface area (Å²) >= 11 is 0. The number of anilines is 1. The first-order valence-electron chi connectivity index (χ1n) is 9.99. The van der Waals surface area contributed by atoms with Crippen molar-refractivity contribution in [1.82, 2.24) is 10.2 Å². The number of amides is 2. The van der Waals surface area contributed by atoms with Crippen LogP contribution in [0.25, 0.3) is 0 Å². The highest BCUT2D eigenvalue weighted by molar-refractivity contribution is 7.92. The van der Waals surface area contributed by atoms with E-state index in [4.69, 9.17) is 0 Å². The molecule has 154 valence electrons. The zero-order valence-electron chi connectivity index (χ0n) is 16.3. The van der Waals surface area contributed by atoms with E-state index in [1.165, 1.54) is 6.42 Å². The minimum Gasteiger partial charge on any atom is -0.349 e. The van der Waals surface area contributed by atoms with E-state index in [1.807, 2.05) is 4.90 Å². The topological polar surface area (TPSA) is 95.6 Å². The Morgan fingerprint density at radius 2 is 1.57 bits per heavy atom. The van der Waals surface area contributed by atoms with Crippen LogP contribution in [0.1, 0.15) is 55.3 Å². The van der Waals surface area contributed by atoms with Gasteiger partial charge in [-0.3, -0.25) is 14.3 Å². The van der Waals surface area contributed by atoms with Gasteiger partial charge in [-0.05, 0) is 49.9 Å². The molecule has 1 aromatic rings. The highest BCUT2D eigenvalue weighted by Crippen LogP contribution is 2.26. The number of carbonyl (C=O) groups excluding carboxylic acids is 2. The molecule has 1 aliphatic heterocycles. The van der Waals surface area contributed by atoms with Crippen LogP contribution in [0.2, 0.25) is 0 Å². The molecule has 2 N–H and O–H groups in total. The standard InChI is InChI=1S/C20H29N3O4S/c1-28(26,27)22-18-9-7-15(8-10-18)19(24)21-17-11-13-23(14-12-17)20(25)16-5-3-2-4-6-16/h7-10,16-17,22H,2-6,11-14H2,1H3,(H,21,24). The maximum Gasteiger partial charge on any atom is 0.251 e. The van der Waals surface area contributed by atoms with Crippen molar-refractivity contribution in [3.63, 3.8) is 0 Å². The third kappa shape index (κ3) is 5.70. The van der Waals surface area contributed by atoms with Crippen molar-refractivity contribution in [3.05, 3.63) is 29.8 Å². The molecule has 1 saturated heterocycles. The van der Waals surface area contributed by atoms with E-state index in [-0.39, 0.29) is 17.9 Å². The van der Waals surface area contributed by atoms with Crippen molar-refractivity contribution in [2.45, 2.75) is 51.0 Å².